The number of aryl methyl sites for hydroxylation is 1. The fourth-order valence-corrected chi connectivity index (χ4v) is 3.16. The van der Waals surface area contributed by atoms with Gasteiger partial charge >= 0.3 is 0 Å². The Labute approximate surface area is 135 Å². The molecule has 0 aliphatic rings. The van der Waals surface area contributed by atoms with Gasteiger partial charge in [0.15, 0.2) is 0 Å². The predicted molar refractivity (Wildman–Crippen MR) is 90.5 cm³/mol. The summed E-state index contributed by atoms with van der Waals surface area (Å²) in [5, 5.41) is 8.55. The van der Waals surface area contributed by atoms with Crippen LogP contribution in [0.3, 0.4) is 0 Å². The van der Waals surface area contributed by atoms with E-state index in [1.54, 1.807) is 0 Å². The third kappa shape index (κ3) is 3.96. The molecule has 0 unspecified atom stereocenters. The second-order valence-electron chi connectivity index (χ2n) is 5.24. The minimum atomic E-state index is -0.00192. The lowest BCUT2D eigenvalue weighted by Gasteiger charge is -2.02. The van der Waals surface area contributed by atoms with Crippen LogP contribution in [0.2, 0.25) is 0 Å². The topological polar surface area (TPSA) is 72.9 Å². The Balaban J connectivity index is 0.00000220. The standard InChI is InChI=1S/C14H22N4OS.ClH/c1-9(2)12-10-8-11(20-14(10)18(3)17-12)13(19)16-7-5-4-6-15;/h8-9H,4-7,15H2,1-3H3,(H,16,19);1H. The number of carbonyl (C=O) groups excluding carboxylic acids is 1. The molecule has 0 bridgehead atoms. The van der Waals surface area contributed by atoms with Crippen molar-refractivity contribution in [2.75, 3.05) is 13.1 Å². The summed E-state index contributed by atoms with van der Waals surface area (Å²) in [6.45, 7) is 5.58. The van der Waals surface area contributed by atoms with Crippen LogP contribution in [0.15, 0.2) is 6.07 Å². The number of hydrogen-bond acceptors (Lipinski definition) is 4. The van der Waals surface area contributed by atoms with E-state index in [-0.39, 0.29) is 18.3 Å². The Morgan fingerprint density at radius 2 is 2.19 bits per heavy atom. The van der Waals surface area contributed by atoms with Crippen molar-refractivity contribution >= 4 is 39.9 Å². The number of amides is 1. The van der Waals surface area contributed by atoms with E-state index in [1.165, 1.54) is 11.3 Å². The first-order valence-corrected chi connectivity index (χ1v) is 7.81. The second kappa shape index (κ2) is 7.77. The van der Waals surface area contributed by atoms with E-state index >= 15 is 0 Å². The van der Waals surface area contributed by atoms with Gasteiger partial charge in [-0.25, -0.2) is 0 Å². The van der Waals surface area contributed by atoms with Crippen molar-refractivity contribution < 1.29 is 4.79 Å². The van der Waals surface area contributed by atoms with Gasteiger partial charge in [0.05, 0.1) is 10.6 Å². The molecule has 118 valence electrons. The number of unbranched alkanes of at least 4 members (excludes halogenated alkanes) is 1. The number of rotatable bonds is 6. The first-order valence-electron chi connectivity index (χ1n) is 6.99. The summed E-state index contributed by atoms with van der Waals surface area (Å²) in [6.07, 6.45) is 1.86. The van der Waals surface area contributed by atoms with Crippen molar-refractivity contribution in [2.24, 2.45) is 12.8 Å². The number of aromatic nitrogens is 2. The summed E-state index contributed by atoms with van der Waals surface area (Å²) >= 11 is 1.50. The van der Waals surface area contributed by atoms with E-state index in [0.29, 0.717) is 19.0 Å². The summed E-state index contributed by atoms with van der Waals surface area (Å²) in [5.41, 5.74) is 6.49. The number of nitrogens with zero attached hydrogens (tertiary/aromatic N) is 2. The molecule has 0 saturated heterocycles. The molecule has 0 radical (unpaired) electrons. The smallest absolute Gasteiger partial charge is 0.261 e. The van der Waals surface area contributed by atoms with Gasteiger partial charge in [0.25, 0.3) is 5.91 Å². The minimum absolute atomic E-state index is 0. The maximum atomic E-state index is 12.1. The third-order valence-corrected chi connectivity index (χ3v) is 4.43. The van der Waals surface area contributed by atoms with Crippen LogP contribution in [0.1, 0.15) is 48.0 Å². The predicted octanol–water partition coefficient (Wildman–Crippen LogP) is 2.65. The van der Waals surface area contributed by atoms with Gasteiger partial charge in [0.2, 0.25) is 0 Å². The molecule has 1 amide bonds. The molecule has 2 heterocycles. The molecule has 5 nitrogen and oxygen atoms in total. The maximum absolute atomic E-state index is 12.1. The number of nitrogens with two attached hydrogens (primary N) is 1. The van der Waals surface area contributed by atoms with E-state index in [9.17, 15) is 4.79 Å². The van der Waals surface area contributed by atoms with E-state index in [1.807, 2.05) is 17.8 Å². The largest absolute Gasteiger partial charge is 0.351 e. The van der Waals surface area contributed by atoms with Gasteiger partial charge < -0.3 is 11.1 Å². The molecule has 0 aliphatic carbocycles. The zero-order valence-electron chi connectivity index (χ0n) is 12.7. The van der Waals surface area contributed by atoms with Crippen LogP contribution in [0.4, 0.5) is 0 Å². The lowest BCUT2D eigenvalue weighted by atomic mass is 10.1. The van der Waals surface area contributed by atoms with Gasteiger partial charge in [-0.15, -0.1) is 23.7 Å². The van der Waals surface area contributed by atoms with Crippen LogP contribution in [0, 0.1) is 0 Å². The Morgan fingerprint density at radius 3 is 2.81 bits per heavy atom. The summed E-state index contributed by atoms with van der Waals surface area (Å²) < 4.78 is 1.86. The average Bonchev–Trinajstić information content (AvgIpc) is 2.95. The minimum Gasteiger partial charge on any atom is -0.351 e. The first-order chi connectivity index (χ1) is 9.54. The fraction of sp³-hybridized carbons (Fsp3) is 0.571. The number of hydrogen-bond donors (Lipinski definition) is 2. The number of halogens is 1. The lowest BCUT2D eigenvalue weighted by molar-refractivity contribution is 0.0957. The molecule has 0 aromatic carbocycles. The molecule has 3 N–H and O–H groups in total. The normalized spacial score (nSPS) is 10.9. The highest BCUT2D eigenvalue weighted by Gasteiger charge is 2.18. The zero-order chi connectivity index (χ0) is 14.7. The Bertz CT molecular complexity index is 605. The quantitative estimate of drug-likeness (QED) is 0.800. The fourth-order valence-electron chi connectivity index (χ4n) is 2.16. The SMILES string of the molecule is CC(C)c1nn(C)c2sc(C(=O)NCCCCN)cc12.Cl. The Hall–Kier alpha value is -1.11. The van der Waals surface area contributed by atoms with E-state index in [4.69, 9.17) is 5.73 Å². The molecule has 0 aliphatic heterocycles. The van der Waals surface area contributed by atoms with Crippen molar-refractivity contribution in [2.45, 2.75) is 32.6 Å². The van der Waals surface area contributed by atoms with Crippen LogP contribution in [-0.4, -0.2) is 28.8 Å². The van der Waals surface area contributed by atoms with Crippen molar-refractivity contribution in [1.29, 1.82) is 0 Å². The van der Waals surface area contributed by atoms with Gasteiger partial charge in [0, 0.05) is 19.0 Å². The van der Waals surface area contributed by atoms with Crippen molar-refractivity contribution in [3.8, 4) is 0 Å². The molecule has 2 aromatic heterocycles. The Kier molecular flexibility index (Phi) is 6.64. The molecular weight excluding hydrogens is 308 g/mol. The summed E-state index contributed by atoms with van der Waals surface area (Å²) in [5.74, 6) is 0.353. The van der Waals surface area contributed by atoms with Crippen LogP contribution < -0.4 is 11.1 Å². The van der Waals surface area contributed by atoms with Crippen LogP contribution in [0.5, 0.6) is 0 Å². The van der Waals surface area contributed by atoms with Crippen LogP contribution in [-0.2, 0) is 7.05 Å². The van der Waals surface area contributed by atoms with Crippen molar-refractivity contribution in [3.63, 3.8) is 0 Å². The third-order valence-electron chi connectivity index (χ3n) is 3.23. The summed E-state index contributed by atoms with van der Waals surface area (Å²) in [6, 6.07) is 1.96. The molecular formula is C14H23ClN4OS. The summed E-state index contributed by atoms with van der Waals surface area (Å²) in [7, 11) is 1.92. The van der Waals surface area contributed by atoms with Crippen LogP contribution in [0.25, 0.3) is 10.2 Å². The number of carbonyl (C=O) groups is 1. The van der Waals surface area contributed by atoms with Crippen molar-refractivity contribution in [1.82, 2.24) is 15.1 Å². The number of fused-ring (bicyclic) bond motifs is 1. The highest BCUT2D eigenvalue weighted by atomic mass is 35.5. The monoisotopic (exact) mass is 330 g/mol. The highest BCUT2D eigenvalue weighted by Crippen LogP contribution is 2.31. The van der Waals surface area contributed by atoms with Gasteiger partial charge in [-0.05, 0) is 31.4 Å². The molecule has 0 atom stereocenters. The Morgan fingerprint density at radius 1 is 1.48 bits per heavy atom. The molecule has 21 heavy (non-hydrogen) atoms. The second-order valence-corrected chi connectivity index (χ2v) is 6.28. The molecule has 0 fully saturated rings. The molecule has 0 saturated carbocycles. The van der Waals surface area contributed by atoms with E-state index in [0.717, 1.165) is 33.6 Å². The maximum Gasteiger partial charge on any atom is 0.261 e. The molecule has 2 aromatic rings. The van der Waals surface area contributed by atoms with Gasteiger partial charge in [-0.3, -0.25) is 9.48 Å². The molecule has 0 spiro atoms. The van der Waals surface area contributed by atoms with Crippen LogP contribution >= 0.6 is 23.7 Å². The zero-order valence-corrected chi connectivity index (χ0v) is 14.3. The van der Waals surface area contributed by atoms with Crippen molar-refractivity contribution in [3.05, 3.63) is 16.6 Å². The highest BCUT2D eigenvalue weighted by molar-refractivity contribution is 7.20. The van der Waals surface area contributed by atoms with Gasteiger partial charge in [-0.2, -0.15) is 5.10 Å². The van der Waals surface area contributed by atoms with E-state index < -0.39 is 0 Å². The van der Waals surface area contributed by atoms with Gasteiger partial charge in [-0.1, -0.05) is 13.8 Å². The average molecular weight is 331 g/mol. The van der Waals surface area contributed by atoms with E-state index in [2.05, 4.69) is 24.3 Å². The van der Waals surface area contributed by atoms with Gasteiger partial charge in [0.1, 0.15) is 4.83 Å². The lowest BCUT2D eigenvalue weighted by Crippen LogP contribution is -2.24. The first kappa shape index (κ1) is 17.9. The summed E-state index contributed by atoms with van der Waals surface area (Å²) in [4.78, 5) is 13.9. The molecule has 2 rings (SSSR count). The molecule has 7 heteroatoms. The number of thiophene rings is 1. The number of nitrogens with one attached hydrogen (secondary N) is 1.